The van der Waals surface area contributed by atoms with Gasteiger partial charge in [-0.25, -0.2) is 9.59 Å². The molecule has 2 N–H and O–H groups in total. The molecule has 0 aliphatic carbocycles. The van der Waals surface area contributed by atoms with E-state index >= 15 is 0 Å². The molecule has 2 atom stereocenters. The van der Waals surface area contributed by atoms with Crippen molar-refractivity contribution in [3.8, 4) is 11.1 Å². The van der Waals surface area contributed by atoms with Gasteiger partial charge in [0.25, 0.3) is 17.7 Å². The molecular formula is C38H44N4O9. The number of imide groups is 1. The lowest BCUT2D eigenvalue weighted by Gasteiger charge is -2.27. The molecule has 51 heavy (non-hydrogen) atoms. The monoisotopic (exact) mass is 700 g/mol. The van der Waals surface area contributed by atoms with E-state index in [1.165, 1.54) is 4.90 Å². The number of fused-ring (bicyclic) bond motifs is 2. The zero-order chi connectivity index (χ0) is 37.4. The number of hydrogen-bond acceptors (Lipinski definition) is 9. The van der Waals surface area contributed by atoms with Gasteiger partial charge in [0.15, 0.2) is 0 Å². The molecule has 0 bridgehead atoms. The average Bonchev–Trinajstić information content (AvgIpc) is 3.56. The minimum absolute atomic E-state index is 0.0420. The van der Waals surface area contributed by atoms with E-state index in [4.69, 9.17) is 9.47 Å². The third-order valence-electron chi connectivity index (χ3n) is 8.47. The Hall–Kier alpha value is -5.59. The number of carbonyl (C=O) groups excluding carboxylic acids is 7. The first-order valence-corrected chi connectivity index (χ1v) is 16.9. The molecule has 2 aliphatic heterocycles. The highest BCUT2D eigenvalue weighted by Gasteiger charge is 2.44. The van der Waals surface area contributed by atoms with Crippen LogP contribution in [0.1, 0.15) is 77.2 Å². The van der Waals surface area contributed by atoms with E-state index in [9.17, 15) is 33.6 Å². The first-order valence-electron chi connectivity index (χ1n) is 16.9. The van der Waals surface area contributed by atoms with Crippen molar-refractivity contribution in [3.63, 3.8) is 0 Å². The van der Waals surface area contributed by atoms with Crippen LogP contribution in [0.25, 0.3) is 11.1 Å². The molecule has 4 rings (SSSR count). The van der Waals surface area contributed by atoms with E-state index in [1.807, 2.05) is 33.8 Å². The van der Waals surface area contributed by atoms with Crippen molar-refractivity contribution in [1.29, 1.82) is 0 Å². The van der Waals surface area contributed by atoms with Crippen LogP contribution in [-0.4, -0.2) is 89.7 Å². The third-order valence-corrected chi connectivity index (χ3v) is 8.47. The molecule has 0 fully saturated rings. The Bertz CT molecular complexity index is 1750. The van der Waals surface area contributed by atoms with Crippen LogP contribution in [0.2, 0.25) is 0 Å². The molecule has 0 saturated heterocycles. The lowest BCUT2D eigenvalue weighted by Crippen LogP contribution is -2.46. The highest BCUT2D eigenvalue weighted by Crippen LogP contribution is 2.34. The fourth-order valence-electron chi connectivity index (χ4n) is 6.04. The van der Waals surface area contributed by atoms with Gasteiger partial charge >= 0.3 is 11.9 Å². The van der Waals surface area contributed by atoms with Crippen LogP contribution < -0.4 is 10.6 Å². The fourth-order valence-corrected chi connectivity index (χ4v) is 6.04. The van der Waals surface area contributed by atoms with Crippen LogP contribution in [0.3, 0.4) is 0 Å². The highest BCUT2D eigenvalue weighted by atomic mass is 16.5. The van der Waals surface area contributed by atoms with Crippen molar-refractivity contribution in [2.45, 2.75) is 59.2 Å². The van der Waals surface area contributed by atoms with Crippen LogP contribution >= 0.6 is 0 Å². The molecule has 2 unspecified atom stereocenters. The second-order valence-corrected chi connectivity index (χ2v) is 13.2. The molecule has 2 aromatic rings. The predicted octanol–water partition coefficient (Wildman–Crippen LogP) is 3.43. The number of rotatable bonds is 17. The van der Waals surface area contributed by atoms with Gasteiger partial charge in [-0.1, -0.05) is 53.0 Å². The molecule has 2 aliphatic rings. The Morgan fingerprint density at radius 1 is 0.706 bits per heavy atom. The summed E-state index contributed by atoms with van der Waals surface area (Å²) in [4.78, 5) is 92.3. The van der Waals surface area contributed by atoms with Crippen LogP contribution in [0.15, 0.2) is 61.7 Å². The summed E-state index contributed by atoms with van der Waals surface area (Å²) in [5, 5.41) is 5.05. The normalized spacial score (nSPS) is 14.6. The molecule has 0 spiro atoms. The minimum atomic E-state index is -1.16. The summed E-state index contributed by atoms with van der Waals surface area (Å²) in [7, 11) is 0. The first kappa shape index (κ1) is 38.2. The molecule has 5 amide bonds. The van der Waals surface area contributed by atoms with Gasteiger partial charge in [-0.2, -0.15) is 0 Å². The van der Waals surface area contributed by atoms with Gasteiger partial charge in [0.1, 0.15) is 25.3 Å². The van der Waals surface area contributed by atoms with Crippen LogP contribution in [0, 0.1) is 11.8 Å². The van der Waals surface area contributed by atoms with Crippen molar-refractivity contribution in [2.75, 3.05) is 26.3 Å². The quantitative estimate of drug-likeness (QED) is 0.109. The average molecular weight is 701 g/mol. The van der Waals surface area contributed by atoms with E-state index < -0.39 is 41.7 Å². The van der Waals surface area contributed by atoms with Gasteiger partial charge in [0.2, 0.25) is 11.8 Å². The summed E-state index contributed by atoms with van der Waals surface area (Å²) in [6, 6.07) is 8.07. The Kier molecular flexibility index (Phi) is 12.6. The van der Waals surface area contributed by atoms with Crippen molar-refractivity contribution in [3.05, 3.63) is 84.0 Å². The van der Waals surface area contributed by atoms with Crippen LogP contribution in [0.4, 0.5) is 0 Å². The minimum Gasteiger partial charge on any atom is -0.462 e. The molecular weight excluding hydrogens is 656 g/mol. The second kappa shape index (κ2) is 16.9. The molecule has 2 heterocycles. The Balaban J connectivity index is 1.52. The molecule has 13 nitrogen and oxygen atoms in total. The number of nitrogens with zero attached hydrogens (tertiary/aromatic N) is 2. The van der Waals surface area contributed by atoms with Crippen molar-refractivity contribution in [2.24, 2.45) is 11.8 Å². The maximum Gasteiger partial charge on any atom is 0.329 e. The number of nitrogens with one attached hydrogen (secondary N) is 2. The smallest absolute Gasteiger partial charge is 0.329 e. The summed E-state index contributed by atoms with van der Waals surface area (Å²) in [6.45, 7) is 14.5. The molecule has 0 aromatic heterocycles. The fraction of sp³-hybridized carbons (Fsp3) is 0.395. The lowest BCUT2D eigenvalue weighted by atomic mass is 9.97. The number of carbonyl (C=O) groups is 7. The number of hydrogen-bond donors (Lipinski definition) is 2. The van der Waals surface area contributed by atoms with Gasteiger partial charge in [-0.15, -0.1) is 0 Å². The van der Waals surface area contributed by atoms with Crippen molar-refractivity contribution >= 4 is 41.5 Å². The summed E-state index contributed by atoms with van der Waals surface area (Å²) >= 11 is 0. The van der Waals surface area contributed by atoms with E-state index in [-0.39, 0.29) is 74.0 Å². The van der Waals surface area contributed by atoms with Gasteiger partial charge in [0, 0.05) is 12.1 Å². The molecule has 2 aromatic carbocycles. The van der Waals surface area contributed by atoms with E-state index in [0.29, 0.717) is 28.7 Å². The lowest BCUT2D eigenvalue weighted by molar-refractivity contribution is -0.150. The Morgan fingerprint density at radius 2 is 1.20 bits per heavy atom. The molecule has 13 heteroatoms. The second-order valence-electron chi connectivity index (χ2n) is 13.2. The van der Waals surface area contributed by atoms with Gasteiger partial charge in [0.05, 0.1) is 24.2 Å². The number of benzene rings is 2. The number of esters is 2. The zero-order valence-corrected chi connectivity index (χ0v) is 29.4. The highest BCUT2D eigenvalue weighted by molar-refractivity contribution is 6.23. The zero-order valence-electron chi connectivity index (χ0n) is 29.4. The molecule has 0 saturated carbocycles. The van der Waals surface area contributed by atoms with E-state index in [1.54, 1.807) is 30.3 Å². The Morgan fingerprint density at radius 3 is 1.75 bits per heavy atom. The topological polar surface area (TPSA) is 168 Å². The van der Waals surface area contributed by atoms with Crippen molar-refractivity contribution < 1.29 is 43.0 Å². The summed E-state index contributed by atoms with van der Waals surface area (Å²) in [5.74, 6) is -3.64. The summed E-state index contributed by atoms with van der Waals surface area (Å²) < 4.78 is 10.8. The van der Waals surface area contributed by atoms with Gasteiger partial charge in [-0.05, 0) is 77.8 Å². The van der Waals surface area contributed by atoms with Gasteiger partial charge < -0.3 is 25.0 Å². The summed E-state index contributed by atoms with van der Waals surface area (Å²) in [5.41, 5.74) is 2.73. The Labute approximate surface area is 297 Å². The number of amides is 5. The molecule has 0 radical (unpaired) electrons. The van der Waals surface area contributed by atoms with Crippen molar-refractivity contribution in [1.82, 2.24) is 20.4 Å². The van der Waals surface area contributed by atoms with E-state index in [0.717, 1.165) is 17.1 Å². The third kappa shape index (κ3) is 8.96. The maximum atomic E-state index is 13.7. The summed E-state index contributed by atoms with van der Waals surface area (Å²) in [6.07, 6.45) is 2.77. The largest absolute Gasteiger partial charge is 0.462 e. The number of ether oxygens (including phenoxy) is 2. The standard InChI is InChI=1S/C38H44N4O9/c1-7-32(43)39-13-15-50-37(48)30(17-22(3)4)41-21-26-19-24(9-11-27(26)34(41)45)25-10-12-28-29(20-25)36(47)42(35(28)46)31(18-23(5)6)38(49)51-16-14-40-33(44)8-2/h7-12,19-20,22-23,30-31H,1-2,13-18,21H2,3-6H3,(H,39,43)(H,40,44). The van der Waals surface area contributed by atoms with Crippen LogP contribution in [-0.2, 0) is 35.2 Å². The molecule has 270 valence electrons. The predicted molar refractivity (Wildman–Crippen MR) is 187 cm³/mol. The maximum absolute atomic E-state index is 13.7. The first-order chi connectivity index (χ1) is 24.3. The van der Waals surface area contributed by atoms with E-state index in [2.05, 4.69) is 23.8 Å². The van der Waals surface area contributed by atoms with Gasteiger partial charge in [-0.3, -0.25) is 28.9 Å². The SMILES string of the molecule is C=CC(=O)NCCOC(=O)C(CC(C)C)N1Cc2cc(-c3ccc4c(c3)C(=O)N(C(CC(C)C)C(=O)OCCNC(=O)C=C)C4=O)ccc2C1=O. The van der Waals surface area contributed by atoms with Crippen LogP contribution in [0.5, 0.6) is 0 Å².